The minimum absolute atomic E-state index is 0.131. The van der Waals surface area contributed by atoms with E-state index in [2.05, 4.69) is 0 Å². The fraction of sp³-hybridized carbons (Fsp3) is 0.176. The van der Waals surface area contributed by atoms with E-state index in [0.29, 0.717) is 6.54 Å². The molecule has 0 spiro atoms. The van der Waals surface area contributed by atoms with Crippen LogP contribution in [0.3, 0.4) is 0 Å². The van der Waals surface area contributed by atoms with Crippen molar-refractivity contribution in [3.8, 4) is 11.5 Å². The monoisotopic (exact) mass is 313 g/mol. The number of phenols is 2. The molecule has 0 amide bonds. The molecule has 0 saturated heterocycles. The molecule has 0 saturated carbocycles. The van der Waals surface area contributed by atoms with Gasteiger partial charge in [-0.3, -0.25) is 19.5 Å². The molecular formula is C17H15NO5. The molecule has 23 heavy (non-hydrogen) atoms. The predicted molar refractivity (Wildman–Crippen MR) is 83.1 cm³/mol. The lowest BCUT2D eigenvalue weighted by Crippen LogP contribution is -2.25. The number of hydroxylamine groups is 1. The molecule has 1 aliphatic rings. The van der Waals surface area contributed by atoms with Gasteiger partial charge in [-0.25, -0.2) is 0 Å². The number of nitrogens with zero attached hydrogens (tertiary/aromatic N) is 1. The van der Waals surface area contributed by atoms with Crippen molar-refractivity contribution in [3.63, 3.8) is 0 Å². The molecule has 2 aromatic rings. The topological polar surface area (TPSA) is 87.1 Å². The number of rotatable bonds is 3. The predicted octanol–water partition coefficient (Wildman–Crippen LogP) is 2.26. The largest absolute Gasteiger partial charge is 0.507 e. The van der Waals surface area contributed by atoms with E-state index >= 15 is 0 Å². The van der Waals surface area contributed by atoms with Crippen LogP contribution < -0.4 is 5.06 Å². The molecule has 6 heteroatoms. The lowest BCUT2D eigenvalue weighted by atomic mass is 9.82. The zero-order valence-corrected chi connectivity index (χ0v) is 12.7. The Morgan fingerprint density at radius 2 is 1.61 bits per heavy atom. The van der Waals surface area contributed by atoms with Gasteiger partial charge in [0.2, 0.25) is 0 Å². The summed E-state index contributed by atoms with van der Waals surface area (Å²) in [5.74, 6) is -1.74. The van der Waals surface area contributed by atoms with Gasteiger partial charge < -0.3 is 10.2 Å². The summed E-state index contributed by atoms with van der Waals surface area (Å²) in [7, 11) is 1.40. The van der Waals surface area contributed by atoms with Gasteiger partial charge >= 0.3 is 0 Å². The third kappa shape index (κ3) is 2.07. The van der Waals surface area contributed by atoms with E-state index < -0.39 is 11.6 Å². The van der Waals surface area contributed by atoms with Crippen LogP contribution in [-0.4, -0.2) is 35.4 Å². The van der Waals surface area contributed by atoms with Gasteiger partial charge in [0.15, 0.2) is 17.3 Å². The highest BCUT2D eigenvalue weighted by Gasteiger charge is 2.36. The number of hydrogen-bond acceptors (Lipinski definition) is 6. The molecule has 2 N–H and O–H groups in total. The summed E-state index contributed by atoms with van der Waals surface area (Å²) in [5.41, 5.74) is 0.178. The molecule has 0 fully saturated rings. The Balaban J connectivity index is 2.31. The van der Waals surface area contributed by atoms with Gasteiger partial charge in [-0.1, -0.05) is 24.3 Å². The lowest BCUT2D eigenvalue weighted by molar-refractivity contribution is 0.0973. The number of anilines is 1. The Morgan fingerprint density at radius 3 is 2.13 bits per heavy atom. The van der Waals surface area contributed by atoms with Gasteiger partial charge in [-0.05, 0) is 6.92 Å². The third-order valence-corrected chi connectivity index (χ3v) is 3.91. The maximum absolute atomic E-state index is 12.7. The van der Waals surface area contributed by atoms with Crippen LogP contribution in [0.5, 0.6) is 11.5 Å². The van der Waals surface area contributed by atoms with Crippen LogP contribution >= 0.6 is 0 Å². The summed E-state index contributed by atoms with van der Waals surface area (Å²) in [4.78, 5) is 30.4. The first-order valence-electron chi connectivity index (χ1n) is 7.10. The second-order valence-corrected chi connectivity index (χ2v) is 5.09. The Kier molecular flexibility index (Phi) is 3.54. The quantitative estimate of drug-likeness (QED) is 0.570. The number of carbonyl (C=O) groups is 2. The van der Waals surface area contributed by atoms with E-state index in [-0.39, 0.29) is 39.4 Å². The molecule has 0 radical (unpaired) electrons. The summed E-state index contributed by atoms with van der Waals surface area (Å²) >= 11 is 0. The van der Waals surface area contributed by atoms with Crippen molar-refractivity contribution in [1.29, 1.82) is 0 Å². The van der Waals surface area contributed by atoms with Gasteiger partial charge in [0.05, 0.1) is 18.2 Å². The maximum atomic E-state index is 12.7. The molecule has 0 aliphatic heterocycles. The van der Waals surface area contributed by atoms with Crippen molar-refractivity contribution in [1.82, 2.24) is 0 Å². The molecule has 0 bridgehead atoms. The van der Waals surface area contributed by atoms with E-state index in [4.69, 9.17) is 4.84 Å². The normalized spacial score (nSPS) is 12.8. The van der Waals surface area contributed by atoms with Crippen molar-refractivity contribution in [3.05, 3.63) is 52.6 Å². The number of benzene rings is 2. The van der Waals surface area contributed by atoms with Crippen molar-refractivity contribution in [2.24, 2.45) is 0 Å². The van der Waals surface area contributed by atoms with Crippen molar-refractivity contribution in [2.75, 3.05) is 18.7 Å². The van der Waals surface area contributed by atoms with Crippen LogP contribution in [0.4, 0.5) is 5.69 Å². The van der Waals surface area contributed by atoms with E-state index in [9.17, 15) is 19.8 Å². The number of hydrogen-bond donors (Lipinski definition) is 2. The molecule has 2 aromatic carbocycles. The fourth-order valence-electron chi connectivity index (χ4n) is 2.83. The Morgan fingerprint density at radius 1 is 1.04 bits per heavy atom. The number of phenolic OH excluding ortho intramolecular Hbond substituents is 2. The van der Waals surface area contributed by atoms with Crippen LogP contribution in [0.1, 0.15) is 38.8 Å². The maximum Gasteiger partial charge on any atom is 0.198 e. The molecular weight excluding hydrogens is 298 g/mol. The Bertz CT molecular complexity index is 824. The molecule has 6 nitrogen and oxygen atoms in total. The molecule has 0 atom stereocenters. The lowest BCUT2D eigenvalue weighted by Gasteiger charge is -2.25. The van der Waals surface area contributed by atoms with Gasteiger partial charge in [-0.15, -0.1) is 0 Å². The zero-order valence-electron chi connectivity index (χ0n) is 12.7. The van der Waals surface area contributed by atoms with Crippen LogP contribution in [0, 0.1) is 0 Å². The number of carbonyl (C=O) groups excluding carboxylic acids is 2. The Labute approximate surface area is 132 Å². The van der Waals surface area contributed by atoms with Crippen LogP contribution in [-0.2, 0) is 4.84 Å². The summed E-state index contributed by atoms with van der Waals surface area (Å²) in [6.45, 7) is 2.16. The standard InChI is InChI=1S/C17H15NO5/c1-3-18(23-2)11-8-12(19)13-14(17(11)22)16(21)10-7-5-4-6-9(10)15(13)20/h4-8,19,22H,3H2,1-2H3. The third-order valence-electron chi connectivity index (χ3n) is 3.91. The molecule has 1 aliphatic carbocycles. The van der Waals surface area contributed by atoms with Gasteiger partial charge in [0.1, 0.15) is 11.4 Å². The second kappa shape index (κ2) is 5.40. The van der Waals surface area contributed by atoms with Crippen molar-refractivity contribution >= 4 is 17.3 Å². The minimum Gasteiger partial charge on any atom is -0.507 e. The number of ketones is 2. The molecule has 0 aromatic heterocycles. The van der Waals surface area contributed by atoms with Gasteiger partial charge in [-0.2, -0.15) is 0 Å². The summed E-state index contributed by atoms with van der Waals surface area (Å²) in [6.07, 6.45) is 0. The highest BCUT2D eigenvalue weighted by atomic mass is 16.7. The number of fused-ring (bicyclic) bond motifs is 2. The highest BCUT2D eigenvalue weighted by Crippen LogP contribution is 2.43. The average molecular weight is 313 g/mol. The first-order chi connectivity index (χ1) is 11.0. The average Bonchev–Trinajstić information content (AvgIpc) is 2.56. The molecule has 0 unspecified atom stereocenters. The smallest absolute Gasteiger partial charge is 0.198 e. The van der Waals surface area contributed by atoms with Crippen molar-refractivity contribution < 1.29 is 24.6 Å². The molecule has 3 rings (SSSR count). The zero-order chi connectivity index (χ0) is 16.7. The number of aromatic hydroxyl groups is 2. The van der Waals surface area contributed by atoms with Gasteiger partial charge in [0, 0.05) is 23.7 Å². The minimum atomic E-state index is -0.503. The SMILES string of the molecule is CCN(OC)c1cc(O)c2c(c1O)C(=O)c1ccccc1C2=O. The molecule has 118 valence electrons. The van der Waals surface area contributed by atoms with Crippen LogP contribution in [0.2, 0.25) is 0 Å². The van der Waals surface area contributed by atoms with Crippen LogP contribution in [0.25, 0.3) is 0 Å². The summed E-state index contributed by atoms with van der Waals surface area (Å²) in [5, 5.41) is 22.1. The van der Waals surface area contributed by atoms with Crippen molar-refractivity contribution in [2.45, 2.75) is 6.92 Å². The highest BCUT2D eigenvalue weighted by molar-refractivity contribution is 6.30. The van der Waals surface area contributed by atoms with Crippen LogP contribution in [0.15, 0.2) is 30.3 Å². The summed E-state index contributed by atoms with van der Waals surface area (Å²) in [6, 6.07) is 7.56. The first-order valence-corrected chi connectivity index (χ1v) is 7.10. The van der Waals surface area contributed by atoms with Gasteiger partial charge in [0.25, 0.3) is 0 Å². The molecule has 0 heterocycles. The fourth-order valence-corrected chi connectivity index (χ4v) is 2.83. The second-order valence-electron chi connectivity index (χ2n) is 5.09. The van der Waals surface area contributed by atoms with E-state index in [1.54, 1.807) is 19.1 Å². The summed E-state index contributed by atoms with van der Waals surface area (Å²) < 4.78 is 0. The van der Waals surface area contributed by atoms with E-state index in [1.165, 1.54) is 30.4 Å². The van der Waals surface area contributed by atoms with E-state index in [1.807, 2.05) is 0 Å². The first kappa shape index (κ1) is 15.1. The van der Waals surface area contributed by atoms with E-state index in [0.717, 1.165) is 0 Å². The Hall–Kier alpha value is -2.86.